The molecule has 1 saturated heterocycles. The number of ether oxygens (including phenoxy) is 1. The van der Waals surface area contributed by atoms with Crippen LogP contribution in [0.3, 0.4) is 0 Å². The Morgan fingerprint density at radius 2 is 1.56 bits per heavy atom. The minimum atomic E-state index is -0.157. The van der Waals surface area contributed by atoms with Crippen LogP contribution in [-0.4, -0.2) is 59.5 Å². The molecule has 3 heterocycles. The number of piperazine rings is 1. The zero-order chi connectivity index (χ0) is 25.2. The number of carbonyl (C=O) groups excluding carboxylic acids is 2. The lowest BCUT2D eigenvalue weighted by atomic mass is 10.1. The fourth-order valence-corrected chi connectivity index (χ4v) is 4.80. The van der Waals surface area contributed by atoms with Crippen LogP contribution in [0.5, 0.6) is 5.75 Å². The van der Waals surface area contributed by atoms with Crippen molar-refractivity contribution < 1.29 is 18.7 Å². The zero-order valence-corrected chi connectivity index (χ0v) is 20.9. The maximum absolute atomic E-state index is 13.7. The van der Waals surface area contributed by atoms with Crippen LogP contribution in [0.2, 0.25) is 5.02 Å². The molecule has 2 aromatic carbocycles. The zero-order valence-electron chi connectivity index (χ0n) is 20.1. The third-order valence-electron chi connectivity index (χ3n) is 6.54. The van der Waals surface area contributed by atoms with Crippen molar-refractivity contribution in [3.8, 4) is 22.7 Å². The van der Waals surface area contributed by atoms with Gasteiger partial charge in [0.2, 0.25) is 0 Å². The van der Waals surface area contributed by atoms with E-state index in [9.17, 15) is 9.59 Å². The van der Waals surface area contributed by atoms with Gasteiger partial charge in [-0.05, 0) is 67.1 Å². The van der Waals surface area contributed by atoms with Crippen molar-refractivity contribution in [2.24, 2.45) is 0 Å². The van der Waals surface area contributed by atoms with Gasteiger partial charge in [0.05, 0.1) is 35.3 Å². The van der Waals surface area contributed by atoms with Gasteiger partial charge < -0.3 is 23.5 Å². The third kappa shape index (κ3) is 4.38. The molecule has 0 aliphatic carbocycles. The minimum Gasteiger partial charge on any atom is -0.497 e. The summed E-state index contributed by atoms with van der Waals surface area (Å²) in [4.78, 5) is 29.8. The van der Waals surface area contributed by atoms with E-state index in [1.54, 1.807) is 29.0 Å². The minimum absolute atomic E-state index is 0.0711. The Bertz CT molecular complexity index is 1380. The number of hydrogen-bond acceptors (Lipinski definition) is 4. The second-order valence-corrected chi connectivity index (χ2v) is 9.01. The fourth-order valence-electron chi connectivity index (χ4n) is 4.58. The number of amides is 2. The molecule has 2 amide bonds. The first-order chi connectivity index (χ1) is 17.5. The van der Waals surface area contributed by atoms with E-state index in [-0.39, 0.29) is 11.8 Å². The van der Waals surface area contributed by atoms with Gasteiger partial charge in [0, 0.05) is 31.9 Å². The summed E-state index contributed by atoms with van der Waals surface area (Å²) in [6.45, 7) is 3.71. The van der Waals surface area contributed by atoms with Crippen LogP contribution in [-0.2, 0) is 0 Å². The molecule has 0 spiro atoms. The molecular formula is C28H26ClN3O4. The Morgan fingerprint density at radius 3 is 2.17 bits per heavy atom. The molecule has 184 valence electrons. The third-order valence-corrected chi connectivity index (χ3v) is 6.86. The smallest absolute Gasteiger partial charge is 0.289 e. The van der Waals surface area contributed by atoms with Crippen LogP contribution in [0, 0.1) is 6.92 Å². The number of nitrogens with zero attached hydrogens (tertiary/aromatic N) is 3. The van der Waals surface area contributed by atoms with E-state index in [2.05, 4.69) is 0 Å². The Morgan fingerprint density at radius 1 is 0.889 bits per heavy atom. The van der Waals surface area contributed by atoms with E-state index < -0.39 is 0 Å². The molecule has 0 saturated carbocycles. The van der Waals surface area contributed by atoms with Gasteiger partial charge in [-0.25, -0.2) is 0 Å². The number of benzene rings is 2. The summed E-state index contributed by atoms with van der Waals surface area (Å²) in [6.07, 6.45) is 1.49. The first-order valence-corrected chi connectivity index (χ1v) is 12.1. The Balaban J connectivity index is 1.46. The molecule has 0 N–H and O–H groups in total. The molecule has 0 bridgehead atoms. The van der Waals surface area contributed by atoms with Crippen molar-refractivity contribution in [1.82, 2.24) is 14.4 Å². The van der Waals surface area contributed by atoms with E-state index in [0.29, 0.717) is 42.5 Å². The lowest BCUT2D eigenvalue weighted by Crippen LogP contribution is -2.50. The summed E-state index contributed by atoms with van der Waals surface area (Å²) in [6, 6.07) is 20.6. The van der Waals surface area contributed by atoms with E-state index in [1.165, 1.54) is 6.26 Å². The number of carbonyl (C=O) groups is 2. The Labute approximate surface area is 214 Å². The number of furan rings is 1. The van der Waals surface area contributed by atoms with Gasteiger partial charge in [-0.15, -0.1) is 0 Å². The summed E-state index contributed by atoms with van der Waals surface area (Å²) >= 11 is 6.58. The van der Waals surface area contributed by atoms with Crippen molar-refractivity contribution in [1.29, 1.82) is 0 Å². The maximum atomic E-state index is 13.7. The van der Waals surface area contributed by atoms with Gasteiger partial charge in [0.25, 0.3) is 11.8 Å². The molecule has 36 heavy (non-hydrogen) atoms. The lowest BCUT2D eigenvalue weighted by Gasteiger charge is -2.34. The molecular weight excluding hydrogens is 478 g/mol. The summed E-state index contributed by atoms with van der Waals surface area (Å²) < 4.78 is 12.6. The normalized spacial score (nSPS) is 13.6. The highest BCUT2D eigenvalue weighted by molar-refractivity contribution is 6.32. The predicted octanol–water partition coefficient (Wildman–Crippen LogP) is 5.31. The monoisotopic (exact) mass is 503 g/mol. The highest BCUT2D eigenvalue weighted by Crippen LogP contribution is 2.34. The van der Waals surface area contributed by atoms with Gasteiger partial charge in [0.15, 0.2) is 5.76 Å². The summed E-state index contributed by atoms with van der Waals surface area (Å²) in [7, 11) is 1.63. The van der Waals surface area contributed by atoms with Crippen LogP contribution in [0.4, 0.5) is 0 Å². The summed E-state index contributed by atoms with van der Waals surface area (Å²) in [5.74, 6) is 0.837. The van der Waals surface area contributed by atoms with Gasteiger partial charge in [0.1, 0.15) is 5.75 Å². The molecule has 0 unspecified atom stereocenters. The number of aromatic nitrogens is 1. The molecule has 7 nitrogen and oxygen atoms in total. The first kappa shape index (κ1) is 23.8. The average Bonchev–Trinajstić information content (AvgIpc) is 3.57. The van der Waals surface area contributed by atoms with E-state index in [1.807, 2.05) is 66.1 Å². The standard InChI is InChI=1S/C28H26ClN3O4/c1-19-22(27(33)30-13-15-31(16-14-30)28(34)26-8-5-17-36-26)18-25(20-9-11-21(35-2)12-10-20)32(19)24-7-4-3-6-23(24)29/h3-12,17-18H,13-16H2,1-2H3. The second-order valence-electron chi connectivity index (χ2n) is 8.61. The van der Waals surface area contributed by atoms with Crippen molar-refractivity contribution in [3.05, 3.63) is 95.0 Å². The number of halogens is 1. The van der Waals surface area contributed by atoms with Gasteiger partial charge >= 0.3 is 0 Å². The van der Waals surface area contributed by atoms with Crippen LogP contribution in [0.1, 0.15) is 26.6 Å². The van der Waals surface area contributed by atoms with Crippen LogP contribution in [0.15, 0.2) is 77.4 Å². The van der Waals surface area contributed by atoms with Crippen LogP contribution < -0.4 is 4.74 Å². The highest BCUT2D eigenvalue weighted by Gasteiger charge is 2.29. The number of para-hydroxylation sites is 1. The summed E-state index contributed by atoms with van der Waals surface area (Å²) in [5, 5.41) is 0.593. The number of hydrogen-bond donors (Lipinski definition) is 0. The molecule has 4 aromatic rings. The molecule has 1 aliphatic rings. The van der Waals surface area contributed by atoms with Crippen molar-refractivity contribution in [2.45, 2.75) is 6.92 Å². The Hall–Kier alpha value is -3.97. The van der Waals surface area contributed by atoms with E-state index in [4.69, 9.17) is 20.8 Å². The van der Waals surface area contributed by atoms with Crippen LogP contribution >= 0.6 is 11.6 Å². The second kappa shape index (κ2) is 9.95. The fraction of sp³-hybridized carbons (Fsp3) is 0.214. The van der Waals surface area contributed by atoms with Crippen molar-refractivity contribution in [2.75, 3.05) is 33.3 Å². The molecule has 1 fully saturated rings. The first-order valence-electron chi connectivity index (χ1n) is 11.7. The number of rotatable bonds is 5. The SMILES string of the molecule is COc1ccc(-c2cc(C(=O)N3CCN(C(=O)c4ccco4)CC3)c(C)n2-c2ccccc2Cl)cc1. The van der Waals surface area contributed by atoms with Gasteiger partial charge in [-0.3, -0.25) is 9.59 Å². The van der Waals surface area contributed by atoms with E-state index >= 15 is 0 Å². The summed E-state index contributed by atoms with van der Waals surface area (Å²) in [5.41, 5.74) is 4.00. The molecule has 5 rings (SSSR count). The lowest BCUT2D eigenvalue weighted by molar-refractivity contribution is 0.0518. The molecule has 0 atom stereocenters. The topological polar surface area (TPSA) is 67.9 Å². The average molecular weight is 504 g/mol. The quantitative estimate of drug-likeness (QED) is 0.370. The van der Waals surface area contributed by atoms with Crippen LogP contribution in [0.25, 0.3) is 16.9 Å². The molecule has 0 radical (unpaired) electrons. The van der Waals surface area contributed by atoms with E-state index in [0.717, 1.165) is 28.4 Å². The molecule has 1 aliphatic heterocycles. The van der Waals surface area contributed by atoms with Crippen molar-refractivity contribution >= 4 is 23.4 Å². The predicted molar refractivity (Wildman–Crippen MR) is 138 cm³/mol. The highest BCUT2D eigenvalue weighted by atomic mass is 35.5. The molecule has 2 aromatic heterocycles. The largest absolute Gasteiger partial charge is 0.497 e. The number of methoxy groups -OCH3 is 1. The Kier molecular flexibility index (Phi) is 6.57. The molecule has 8 heteroatoms. The van der Waals surface area contributed by atoms with Gasteiger partial charge in [-0.2, -0.15) is 0 Å². The maximum Gasteiger partial charge on any atom is 0.289 e. The van der Waals surface area contributed by atoms with Gasteiger partial charge in [-0.1, -0.05) is 23.7 Å². The van der Waals surface area contributed by atoms with Crippen molar-refractivity contribution in [3.63, 3.8) is 0 Å².